The number of carbonyl (C=O) groups is 2. The predicted molar refractivity (Wildman–Crippen MR) is 87.4 cm³/mol. The number of ether oxygens (including phenoxy) is 2. The lowest BCUT2D eigenvalue weighted by molar-refractivity contribution is -0.145. The summed E-state index contributed by atoms with van der Waals surface area (Å²) in [5.41, 5.74) is 0.688. The van der Waals surface area contributed by atoms with Crippen molar-refractivity contribution in [1.29, 1.82) is 0 Å². The Balaban J connectivity index is 2.00. The van der Waals surface area contributed by atoms with Crippen LogP contribution in [0.25, 0.3) is 0 Å². The number of benzene rings is 1. The highest BCUT2D eigenvalue weighted by Crippen LogP contribution is 2.22. The summed E-state index contributed by atoms with van der Waals surface area (Å²) in [6.07, 6.45) is 0.979. The Labute approximate surface area is 136 Å². The number of nitrogens with one attached hydrogen (secondary N) is 1. The summed E-state index contributed by atoms with van der Waals surface area (Å²) >= 11 is 0. The second-order valence-corrected chi connectivity index (χ2v) is 5.50. The molecule has 1 fully saturated rings. The molecule has 126 valence electrons. The van der Waals surface area contributed by atoms with E-state index in [0.717, 1.165) is 12.2 Å². The summed E-state index contributed by atoms with van der Waals surface area (Å²) in [5, 5.41) is 2.86. The molecule has 2 unspecified atom stereocenters. The van der Waals surface area contributed by atoms with E-state index < -0.39 is 12.1 Å². The fourth-order valence-electron chi connectivity index (χ4n) is 2.76. The molecule has 1 aromatic carbocycles. The topological polar surface area (TPSA) is 67.9 Å². The maximum atomic E-state index is 12.5. The molecule has 6 heteroatoms. The van der Waals surface area contributed by atoms with Crippen LogP contribution in [-0.2, 0) is 14.3 Å². The molecule has 0 radical (unpaired) electrons. The molecule has 2 atom stereocenters. The first-order chi connectivity index (χ1) is 11.1. The van der Waals surface area contributed by atoms with Gasteiger partial charge < -0.3 is 19.7 Å². The fourth-order valence-corrected chi connectivity index (χ4v) is 2.76. The summed E-state index contributed by atoms with van der Waals surface area (Å²) in [6, 6.07) is 6.68. The molecule has 2 rings (SSSR count). The van der Waals surface area contributed by atoms with Crippen LogP contribution in [0.5, 0.6) is 5.75 Å². The first-order valence-corrected chi connectivity index (χ1v) is 7.93. The normalized spacial score (nSPS) is 18.6. The smallest absolute Gasteiger partial charge is 0.252 e. The molecule has 0 bridgehead atoms. The number of carbonyl (C=O) groups excluding carboxylic acids is 2. The lowest BCUT2D eigenvalue weighted by atomic mass is 10.2. The molecule has 0 saturated carbocycles. The summed E-state index contributed by atoms with van der Waals surface area (Å²) in [4.78, 5) is 26.5. The van der Waals surface area contributed by atoms with E-state index in [-0.39, 0.29) is 11.8 Å². The third-order valence-corrected chi connectivity index (χ3v) is 3.96. The van der Waals surface area contributed by atoms with Gasteiger partial charge in [0, 0.05) is 18.8 Å². The van der Waals surface area contributed by atoms with Crippen molar-refractivity contribution < 1.29 is 19.1 Å². The van der Waals surface area contributed by atoms with E-state index in [1.165, 1.54) is 0 Å². The van der Waals surface area contributed by atoms with E-state index in [0.29, 0.717) is 25.3 Å². The Morgan fingerprint density at radius 1 is 1.35 bits per heavy atom. The van der Waals surface area contributed by atoms with Crippen LogP contribution >= 0.6 is 0 Å². The summed E-state index contributed by atoms with van der Waals surface area (Å²) < 4.78 is 10.4. The monoisotopic (exact) mass is 320 g/mol. The van der Waals surface area contributed by atoms with E-state index in [1.54, 1.807) is 43.2 Å². The van der Waals surface area contributed by atoms with E-state index >= 15 is 0 Å². The third-order valence-electron chi connectivity index (χ3n) is 3.96. The van der Waals surface area contributed by atoms with E-state index in [1.807, 2.05) is 6.92 Å². The minimum atomic E-state index is -0.519. The predicted octanol–water partition coefficient (Wildman–Crippen LogP) is 2.05. The lowest BCUT2D eigenvalue weighted by Gasteiger charge is -2.26. The molecule has 0 aromatic heterocycles. The van der Waals surface area contributed by atoms with Gasteiger partial charge in [0.15, 0.2) is 0 Å². The number of methoxy groups -OCH3 is 1. The Kier molecular flexibility index (Phi) is 5.98. The van der Waals surface area contributed by atoms with Gasteiger partial charge in [-0.05, 0) is 51.0 Å². The van der Waals surface area contributed by atoms with Crippen LogP contribution in [-0.4, -0.2) is 49.1 Å². The van der Waals surface area contributed by atoms with Gasteiger partial charge in [0.05, 0.1) is 7.11 Å². The molecule has 0 spiro atoms. The number of nitrogens with zero attached hydrogens (tertiary/aromatic N) is 1. The zero-order valence-corrected chi connectivity index (χ0v) is 13.9. The van der Waals surface area contributed by atoms with Crippen LogP contribution in [0.3, 0.4) is 0 Å². The molecule has 1 aliphatic heterocycles. The Morgan fingerprint density at radius 2 is 2.04 bits per heavy atom. The zero-order valence-electron chi connectivity index (χ0n) is 13.9. The van der Waals surface area contributed by atoms with Gasteiger partial charge in [0.1, 0.15) is 17.9 Å². The Bertz CT molecular complexity index is 544. The third kappa shape index (κ3) is 4.22. The summed E-state index contributed by atoms with van der Waals surface area (Å²) in [7, 11) is 1.59. The van der Waals surface area contributed by atoms with Crippen molar-refractivity contribution >= 4 is 17.5 Å². The molecule has 1 aromatic rings. The highest BCUT2D eigenvalue weighted by molar-refractivity contribution is 5.98. The van der Waals surface area contributed by atoms with Crippen LogP contribution in [0.1, 0.15) is 26.7 Å². The van der Waals surface area contributed by atoms with E-state index in [2.05, 4.69) is 5.32 Å². The molecule has 1 saturated heterocycles. The average Bonchev–Trinajstić information content (AvgIpc) is 3.04. The second kappa shape index (κ2) is 7.97. The average molecular weight is 320 g/mol. The van der Waals surface area contributed by atoms with Gasteiger partial charge in [-0.1, -0.05) is 0 Å². The number of anilines is 1. The summed E-state index contributed by atoms with van der Waals surface area (Å²) in [5.74, 6) is 0.440. The van der Waals surface area contributed by atoms with Crippen molar-refractivity contribution in [2.75, 3.05) is 25.6 Å². The standard InChI is InChI=1S/C17H24N2O4/c1-4-23-12(2)17(21)19-11-5-6-15(19)16(20)18-13-7-9-14(22-3)10-8-13/h7-10,12,15H,4-6,11H2,1-3H3,(H,18,20). The lowest BCUT2D eigenvalue weighted by Crippen LogP contribution is -2.47. The molecule has 2 amide bonds. The first kappa shape index (κ1) is 17.3. The van der Waals surface area contributed by atoms with Crippen molar-refractivity contribution in [3.63, 3.8) is 0 Å². The van der Waals surface area contributed by atoms with Crippen LogP contribution in [0.4, 0.5) is 5.69 Å². The number of likely N-dealkylation sites (tertiary alicyclic amines) is 1. The van der Waals surface area contributed by atoms with Gasteiger partial charge in [0.2, 0.25) is 5.91 Å². The first-order valence-electron chi connectivity index (χ1n) is 7.93. The molecule has 6 nitrogen and oxygen atoms in total. The zero-order chi connectivity index (χ0) is 16.8. The van der Waals surface area contributed by atoms with Gasteiger partial charge >= 0.3 is 0 Å². The minimum absolute atomic E-state index is 0.126. The second-order valence-electron chi connectivity index (χ2n) is 5.50. The SMILES string of the molecule is CCOC(C)C(=O)N1CCCC1C(=O)Nc1ccc(OC)cc1. The number of hydrogen-bond donors (Lipinski definition) is 1. The van der Waals surface area contributed by atoms with Gasteiger partial charge in [-0.3, -0.25) is 9.59 Å². The Hall–Kier alpha value is -2.08. The number of rotatable bonds is 6. The van der Waals surface area contributed by atoms with Crippen molar-refractivity contribution in [3.05, 3.63) is 24.3 Å². The van der Waals surface area contributed by atoms with Gasteiger partial charge in [-0.15, -0.1) is 0 Å². The van der Waals surface area contributed by atoms with Crippen molar-refractivity contribution in [2.24, 2.45) is 0 Å². The van der Waals surface area contributed by atoms with Crippen molar-refractivity contribution in [3.8, 4) is 5.75 Å². The van der Waals surface area contributed by atoms with Crippen molar-refractivity contribution in [2.45, 2.75) is 38.8 Å². The molecule has 1 heterocycles. The quantitative estimate of drug-likeness (QED) is 0.871. The highest BCUT2D eigenvalue weighted by Gasteiger charge is 2.36. The molecule has 0 aliphatic carbocycles. The maximum absolute atomic E-state index is 12.5. The van der Waals surface area contributed by atoms with Gasteiger partial charge in [0.25, 0.3) is 5.91 Å². The van der Waals surface area contributed by atoms with E-state index in [9.17, 15) is 9.59 Å². The van der Waals surface area contributed by atoms with Crippen LogP contribution in [0.2, 0.25) is 0 Å². The van der Waals surface area contributed by atoms with E-state index in [4.69, 9.17) is 9.47 Å². The van der Waals surface area contributed by atoms with Crippen LogP contribution < -0.4 is 10.1 Å². The summed E-state index contributed by atoms with van der Waals surface area (Å²) in [6.45, 7) is 4.64. The number of hydrogen-bond acceptors (Lipinski definition) is 4. The molecular formula is C17H24N2O4. The molecule has 1 N–H and O–H groups in total. The van der Waals surface area contributed by atoms with Crippen molar-refractivity contribution in [1.82, 2.24) is 4.90 Å². The highest BCUT2D eigenvalue weighted by atomic mass is 16.5. The number of amides is 2. The fraction of sp³-hybridized carbons (Fsp3) is 0.529. The van der Waals surface area contributed by atoms with Gasteiger partial charge in [-0.25, -0.2) is 0 Å². The molecule has 1 aliphatic rings. The van der Waals surface area contributed by atoms with Crippen LogP contribution in [0, 0.1) is 0 Å². The molecular weight excluding hydrogens is 296 g/mol. The largest absolute Gasteiger partial charge is 0.497 e. The maximum Gasteiger partial charge on any atom is 0.252 e. The van der Waals surface area contributed by atoms with Gasteiger partial charge in [-0.2, -0.15) is 0 Å². The minimum Gasteiger partial charge on any atom is -0.497 e. The Morgan fingerprint density at radius 3 is 2.65 bits per heavy atom. The van der Waals surface area contributed by atoms with Crippen LogP contribution in [0.15, 0.2) is 24.3 Å². The molecule has 23 heavy (non-hydrogen) atoms.